The van der Waals surface area contributed by atoms with Crippen LogP contribution in [0.3, 0.4) is 0 Å². The molecule has 2 heterocycles. The maximum Gasteiger partial charge on any atom is 0.309 e. The Hall–Kier alpha value is -2.14. The Balaban J connectivity index is 1.99. The van der Waals surface area contributed by atoms with E-state index in [-0.39, 0.29) is 0 Å². The summed E-state index contributed by atoms with van der Waals surface area (Å²) in [6.07, 6.45) is 3.54. The first-order valence-corrected chi connectivity index (χ1v) is 6.20. The molecule has 1 saturated heterocycles. The molecular weight excluding hydrogens is 244 g/mol. The zero-order chi connectivity index (χ0) is 13.2. The van der Waals surface area contributed by atoms with Crippen LogP contribution in [0.25, 0.3) is 5.69 Å². The molecular formula is C14H14N2O3. The largest absolute Gasteiger partial charge is 0.481 e. The number of para-hydroxylation sites is 1. The molecule has 1 fully saturated rings. The summed E-state index contributed by atoms with van der Waals surface area (Å²) < 4.78 is 7.45. The molecule has 1 N–H and O–H groups in total. The van der Waals surface area contributed by atoms with Gasteiger partial charge in [0.15, 0.2) is 0 Å². The summed E-state index contributed by atoms with van der Waals surface area (Å²) in [5.41, 5.74) is 0.953. The number of rotatable bonds is 3. The Morgan fingerprint density at radius 3 is 2.89 bits per heavy atom. The van der Waals surface area contributed by atoms with Gasteiger partial charge >= 0.3 is 5.97 Å². The highest BCUT2D eigenvalue weighted by molar-refractivity contribution is 5.71. The van der Waals surface area contributed by atoms with Gasteiger partial charge in [0, 0.05) is 24.7 Å². The first-order chi connectivity index (χ1) is 9.27. The van der Waals surface area contributed by atoms with Gasteiger partial charge in [-0.05, 0) is 18.6 Å². The lowest BCUT2D eigenvalue weighted by Crippen LogP contribution is -2.20. The Kier molecular flexibility index (Phi) is 3.05. The van der Waals surface area contributed by atoms with Crippen LogP contribution in [-0.4, -0.2) is 27.2 Å². The molecule has 0 amide bonds. The number of carbonyl (C=O) groups is 1. The van der Waals surface area contributed by atoms with Crippen LogP contribution in [0.5, 0.6) is 0 Å². The monoisotopic (exact) mass is 258 g/mol. The fourth-order valence-corrected chi connectivity index (χ4v) is 2.43. The molecule has 0 bridgehead atoms. The molecule has 1 aromatic heterocycles. The van der Waals surface area contributed by atoms with Gasteiger partial charge in [0.25, 0.3) is 0 Å². The quantitative estimate of drug-likeness (QED) is 0.915. The number of nitrogens with zero attached hydrogens (tertiary/aromatic N) is 2. The van der Waals surface area contributed by atoms with Crippen molar-refractivity contribution in [2.24, 2.45) is 5.92 Å². The van der Waals surface area contributed by atoms with Crippen molar-refractivity contribution in [3.05, 3.63) is 48.5 Å². The van der Waals surface area contributed by atoms with Crippen LogP contribution in [0.1, 0.15) is 18.3 Å². The van der Waals surface area contributed by atoms with E-state index in [9.17, 15) is 9.90 Å². The van der Waals surface area contributed by atoms with Gasteiger partial charge in [-0.25, -0.2) is 4.98 Å². The molecule has 5 nitrogen and oxygen atoms in total. The van der Waals surface area contributed by atoms with E-state index in [1.54, 1.807) is 6.20 Å². The van der Waals surface area contributed by atoms with Gasteiger partial charge in [-0.3, -0.25) is 4.79 Å². The predicted octanol–water partition coefficient (Wildman–Crippen LogP) is 2.03. The van der Waals surface area contributed by atoms with Crippen molar-refractivity contribution in [3.8, 4) is 5.69 Å². The average Bonchev–Trinajstić information content (AvgIpc) is 3.08. The number of ether oxygens (including phenoxy) is 1. The number of imidazole rings is 1. The van der Waals surface area contributed by atoms with Crippen LogP contribution >= 0.6 is 0 Å². The summed E-state index contributed by atoms with van der Waals surface area (Å²) in [6, 6.07) is 9.71. The zero-order valence-electron chi connectivity index (χ0n) is 10.3. The molecule has 0 aliphatic carbocycles. The van der Waals surface area contributed by atoms with E-state index in [0.717, 1.165) is 5.69 Å². The molecule has 1 aromatic carbocycles. The minimum Gasteiger partial charge on any atom is -0.481 e. The van der Waals surface area contributed by atoms with Crippen LogP contribution in [0, 0.1) is 5.92 Å². The molecule has 19 heavy (non-hydrogen) atoms. The van der Waals surface area contributed by atoms with E-state index in [2.05, 4.69) is 4.98 Å². The summed E-state index contributed by atoms with van der Waals surface area (Å²) >= 11 is 0. The zero-order valence-corrected chi connectivity index (χ0v) is 10.3. The third kappa shape index (κ3) is 2.13. The Bertz CT molecular complexity index is 579. The highest BCUT2D eigenvalue weighted by atomic mass is 16.5. The van der Waals surface area contributed by atoms with Crippen LogP contribution in [0.2, 0.25) is 0 Å². The molecule has 5 heteroatoms. The molecule has 2 atom stereocenters. The van der Waals surface area contributed by atoms with Gasteiger partial charge < -0.3 is 14.4 Å². The van der Waals surface area contributed by atoms with Gasteiger partial charge in [0.05, 0.1) is 5.92 Å². The summed E-state index contributed by atoms with van der Waals surface area (Å²) in [5.74, 6) is -0.703. The third-order valence-corrected chi connectivity index (χ3v) is 3.37. The predicted molar refractivity (Wildman–Crippen MR) is 68.0 cm³/mol. The van der Waals surface area contributed by atoms with Crippen molar-refractivity contribution in [1.29, 1.82) is 0 Å². The van der Waals surface area contributed by atoms with E-state index in [1.807, 2.05) is 41.1 Å². The van der Waals surface area contributed by atoms with E-state index in [0.29, 0.717) is 18.9 Å². The fourth-order valence-electron chi connectivity index (χ4n) is 2.43. The molecule has 1 aliphatic heterocycles. The molecule has 0 unspecified atom stereocenters. The highest BCUT2D eigenvalue weighted by Gasteiger charge is 2.37. The smallest absolute Gasteiger partial charge is 0.309 e. The van der Waals surface area contributed by atoms with Crippen molar-refractivity contribution in [1.82, 2.24) is 9.55 Å². The second kappa shape index (κ2) is 4.85. The number of carboxylic acids is 1. The first-order valence-electron chi connectivity index (χ1n) is 6.20. The molecule has 0 saturated carbocycles. The number of carboxylic acid groups (broad SMARTS) is 1. The first kappa shape index (κ1) is 11.9. The van der Waals surface area contributed by atoms with Gasteiger partial charge in [-0.15, -0.1) is 0 Å². The summed E-state index contributed by atoms with van der Waals surface area (Å²) in [7, 11) is 0. The van der Waals surface area contributed by atoms with Crippen molar-refractivity contribution in [2.45, 2.75) is 12.5 Å². The van der Waals surface area contributed by atoms with Crippen LogP contribution < -0.4 is 0 Å². The Morgan fingerprint density at radius 2 is 2.16 bits per heavy atom. The lowest BCUT2D eigenvalue weighted by Gasteiger charge is -2.16. The molecule has 3 rings (SSSR count). The number of aliphatic carboxylic acids is 1. The average molecular weight is 258 g/mol. The molecule has 1 aliphatic rings. The number of hydrogen-bond donors (Lipinski definition) is 1. The van der Waals surface area contributed by atoms with Crippen molar-refractivity contribution < 1.29 is 14.6 Å². The lowest BCUT2D eigenvalue weighted by atomic mass is 10.0. The SMILES string of the molecule is O=C(O)[C@@H]1CCO[C@@H]1c1nccn1-c1ccccc1. The van der Waals surface area contributed by atoms with Crippen LogP contribution in [0.15, 0.2) is 42.7 Å². The highest BCUT2D eigenvalue weighted by Crippen LogP contribution is 2.34. The lowest BCUT2D eigenvalue weighted by molar-refractivity contribution is -0.143. The van der Waals surface area contributed by atoms with Gasteiger partial charge in [-0.2, -0.15) is 0 Å². The van der Waals surface area contributed by atoms with Crippen molar-refractivity contribution >= 4 is 5.97 Å². The van der Waals surface area contributed by atoms with E-state index in [4.69, 9.17) is 4.74 Å². The van der Waals surface area contributed by atoms with Crippen molar-refractivity contribution in [3.63, 3.8) is 0 Å². The van der Waals surface area contributed by atoms with E-state index >= 15 is 0 Å². The topological polar surface area (TPSA) is 64.3 Å². The van der Waals surface area contributed by atoms with Gasteiger partial charge in [0.2, 0.25) is 0 Å². The van der Waals surface area contributed by atoms with Crippen LogP contribution in [-0.2, 0) is 9.53 Å². The number of hydrogen-bond acceptors (Lipinski definition) is 3. The van der Waals surface area contributed by atoms with Gasteiger partial charge in [-0.1, -0.05) is 18.2 Å². The van der Waals surface area contributed by atoms with E-state index in [1.165, 1.54) is 0 Å². The van der Waals surface area contributed by atoms with Crippen molar-refractivity contribution in [2.75, 3.05) is 6.61 Å². The molecule has 2 aromatic rings. The Labute approximate surface area is 110 Å². The minimum absolute atomic E-state index is 0.462. The number of aromatic nitrogens is 2. The summed E-state index contributed by atoms with van der Waals surface area (Å²) in [5, 5.41) is 9.23. The van der Waals surface area contributed by atoms with Gasteiger partial charge in [0.1, 0.15) is 11.9 Å². The minimum atomic E-state index is -0.829. The van der Waals surface area contributed by atoms with E-state index < -0.39 is 18.0 Å². The molecule has 98 valence electrons. The maximum absolute atomic E-state index is 11.2. The molecule has 0 radical (unpaired) electrons. The Morgan fingerprint density at radius 1 is 1.37 bits per heavy atom. The second-order valence-corrected chi connectivity index (χ2v) is 4.52. The second-order valence-electron chi connectivity index (χ2n) is 4.52. The standard InChI is InChI=1S/C14H14N2O3/c17-14(18)11-6-9-19-12(11)13-15-7-8-16(13)10-4-2-1-3-5-10/h1-5,7-8,11-12H,6,9H2,(H,17,18)/t11-,12+/m1/s1. The third-order valence-electron chi connectivity index (χ3n) is 3.37. The maximum atomic E-state index is 11.2. The summed E-state index contributed by atoms with van der Waals surface area (Å²) in [6.45, 7) is 0.462. The normalized spacial score (nSPS) is 22.5. The molecule has 0 spiro atoms. The van der Waals surface area contributed by atoms with Crippen LogP contribution in [0.4, 0.5) is 0 Å². The fraction of sp³-hybridized carbons (Fsp3) is 0.286. The number of benzene rings is 1. The summed E-state index contributed by atoms with van der Waals surface area (Å²) in [4.78, 5) is 15.5.